The molecule has 0 unspecified atom stereocenters. The van der Waals surface area contributed by atoms with Crippen LogP contribution >= 0.6 is 0 Å². The Morgan fingerprint density at radius 3 is 1.60 bits per heavy atom. The average molecular weight is 413 g/mol. The Kier molecular flexibility index (Phi) is 7.42. The second kappa shape index (κ2) is 8.16. The molecule has 1 rings (SSSR count). The van der Waals surface area contributed by atoms with E-state index in [0.29, 0.717) is 0 Å². The van der Waals surface area contributed by atoms with Crippen molar-refractivity contribution in [1.29, 1.82) is 0 Å². The van der Waals surface area contributed by atoms with Gasteiger partial charge in [-0.1, -0.05) is 36.9 Å². The highest BCUT2D eigenvalue weighted by Gasteiger charge is 2.50. The fourth-order valence-electron chi connectivity index (χ4n) is 2.65. The van der Waals surface area contributed by atoms with E-state index in [4.69, 9.17) is 12.3 Å². The maximum atomic E-state index is 6.73. The summed E-state index contributed by atoms with van der Waals surface area (Å²) in [6.07, 6.45) is 1.88. The van der Waals surface area contributed by atoms with Crippen molar-refractivity contribution in [3.8, 4) is 0 Å². The Hall–Kier alpha value is -0.292. The molecule has 25 heavy (non-hydrogen) atoms. The fourth-order valence-corrected chi connectivity index (χ4v) is 17.1. The summed E-state index contributed by atoms with van der Waals surface area (Å²) in [4.78, 5) is 0. The zero-order valence-electron chi connectivity index (χ0n) is 17.5. The normalized spacial score (nSPS) is 13.8. The topological polar surface area (TPSA) is 27.7 Å². The number of hydrogen-bond donors (Lipinski definition) is 0. The zero-order chi connectivity index (χ0) is 19.5. The van der Waals surface area contributed by atoms with Gasteiger partial charge < -0.3 is 12.3 Å². The van der Waals surface area contributed by atoms with Crippen LogP contribution in [0.3, 0.4) is 0 Å². The lowest BCUT2D eigenvalue weighted by molar-refractivity contribution is 0.251. The van der Waals surface area contributed by atoms with Gasteiger partial charge >= 0.3 is 8.80 Å². The third-order valence-corrected chi connectivity index (χ3v) is 14.9. The van der Waals surface area contributed by atoms with Crippen molar-refractivity contribution in [2.24, 2.45) is 0 Å². The summed E-state index contributed by atoms with van der Waals surface area (Å²) in [5.74, 6) is 0. The molecule has 3 nitrogen and oxygen atoms in total. The van der Waals surface area contributed by atoms with Crippen molar-refractivity contribution >= 4 is 39.8 Å². The van der Waals surface area contributed by atoms with Crippen LogP contribution in [0.5, 0.6) is 0 Å². The van der Waals surface area contributed by atoms with Gasteiger partial charge in [0, 0.05) is 6.04 Å². The Morgan fingerprint density at radius 1 is 0.800 bits per heavy atom. The molecule has 0 aliphatic carbocycles. The van der Waals surface area contributed by atoms with Crippen LogP contribution in [0.15, 0.2) is 30.8 Å². The van der Waals surface area contributed by atoms with Crippen molar-refractivity contribution in [3.63, 3.8) is 0 Å². The van der Waals surface area contributed by atoms with Crippen LogP contribution in [0.1, 0.15) is 11.1 Å². The van der Waals surface area contributed by atoms with Crippen molar-refractivity contribution in [2.75, 3.05) is 0 Å². The van der Waals surface area contributed by atoms with Crippen LogP contribution in [-0.2, 0) is 18.4 Å². The van der Waals surface area contributed by atoms with E-state index in [-0.39, 0.29) is 0 Å². The van der Waals surface area contributed by atoms with Crippen LogP contribution in [0.25, 0.3) is 6.08 Å². The smallest absolute Gasteiger partial charge is 0.417 e. The highest BCUT2D eigenvalue weighted by Crippen LogP contribution is 2.29. The first-order chi connectivity index (χ1) is 11.1. The van der Waals surface area contributed by atoms with Crippen LogP contribution in [0, 0.1) is 0 Å². The lowest BCUT2D eigenvalue weighted by Crippen LogP contribution is -2.62. The molecule has 0 aliphatic heterocycles. The summed E-state index contributed by atoms with van der Waals surface area (Å²) in [6.45, 7) is 23.8. The van der Waals surface area contributed by atoms with E-state index >= 15 is 0 Å². The van der Waals surface area contributed by atoms with Gasteiger partial charge in [-0.15, -0.1) is 0 Å². The molecular formula is C18H36O3Si4. The molecule has 142 valence electrons. The van der Waals surface area contributed by atoms with Crippen LogP contribution in [-0.4, -0.2) is 33.8 Å². The van der Waals surface area contributed by atoms with Gasteiger partial charge in [-0.25, -0.2) is 0 Å². The number of benzene rings is 1. The first kappa shape index (κ1) is 22.7. The second-order valence-corrected chi connectivity index (χ2v) is 26.3. The molecule has 0 spiro atoms. The third kappa shape index (κ3) is 9.27. The van der Waals surface area contributed by atoms with E-state index in [1.165, 1.54) is 5.56 Å². The summed E-state index contributed by atoms with van der Waals surface area (Å²) >= 11 is 0. The van der Waals surface area contributed by atoms with Crippen LogP contribution in [0.4, 0.5) is 0 Å². The third-order valence-electron chi connectivity index (χ3n) is 2.99. The van der Waals surface area contributed by atoms with Crippen molar-refractivity contribution in [3.05, 3.63) is 42.0 Å². The molecule has 0 heterocycles. The molecule has 0 fully saturated rings. The predicted molar refractivity (Wildman–Crippen MR) is 119 cm³/mol. The maximum absolute atomic E-state index is 6.73. The molecule has 7 heteroatoms. The molecule has 1 aromatic rings. The minimum atomic E-state index is -2.83. The van der Waals surface area contributed by atoms with E-state index in [2.05, 4.69) is 89.8 Å². The summed E-state index contributed by atoms with van der Waals surface area (Å²) in [6, 6.07) is 9.18. The lowest BCUT2D eigenvalue weighted by Gasteiger charge is -2.43. The molecule has 0 aromatic heterocycles. The molecular weight excluding hydrogens is 377 g/mol. The highest BCUT2D eigenvalue weighted by atomic mass is 28.5. The van der Waals surface area contributed by atoms with Gasteiger partial charge in [0.15, 0.2) is 25.0 Å². The Labute approximate surface area is 159 Å². The van der Waals surface area contributed by atoms with E-state index in [0.717, 1.165) is 11.6 Å². The van der Waals surface area contributed by atoms with Gasteiger partial charge in [0.05, 0.1) is 0 Å². The number of hydrogen-bond acceptors (Lipinski definition) is 3. The van der Waals surface area contributed by atoms with Gasteiger partial charge in [-0.05, 0) is 70.1 Å². The Morgan fingerprint density at radius 2 is 1.24 bits per heavy atom. The van der Waals surface area contributed by atoms with E-state index in [9.17, 15) is 0 Å². The van der Waals surface area contributed by atoms with Gasteiger partial charge in [-0.2, -0.15) is 0 Å². The highest BCUT2D eigenvalue weighted by molar-refractivity contribution is 6.89. The van der Waals surface area contributed by atoms with Crippen LogP contribution in [0.2, 0.25) is 58.9 Å². The van der Waals surface area contributed by atoms with Gasteiger partial charge in [0.25, 0.3) is 0 Å². The Balaban J connectivity index is 3.35. The lowest BCUT2D eigenvalue weighted by atomic mass is 10.1. The molecule has 1 aromatic carbocycles. The first-order valence-electron chi connectivity index (χ1n) is 8.95. The summed E-state index contributed by atoms with van der Waals surface area (Å²) in [7, 11) is -8.32. The molecule has 0 saturated heterocycles. The molecule has 0 aliphatic rings. The summed E-state index contributed by atoms with van der Waals surface area (Å²) in [5, 5.41) is 0. The summed E-state index contributed by atoms with van der Waals surface area (Å²) in [5.41, 5.74) is 2.33. The van der Waals surface area contributed by atoms with Crippen molar-refractivity contribution < 1.29 is 12.3 Å². The molecule has 0 amide bonds. The standard InChI is InChI=1S/C18H36O3Si4/c1-11-17-13-12-14-18(15-17)16-25(19-22(2,3)4,20-23(5,6)7)21-24(8,9)10/h11-15H,1,16H2,2-10H3. The minimum Gasteiger partial charge on any atom is -0.417 e. The molecule has 0 saturated carbocycles. The minimum absolute atomic E-state index is 0.730. The van der Waals surface area contributed by atoms with Crippen LogP contribution < -0.4 is 0 Å². The Bertz CT molecular complexity index is 542. The molecule has 0 N–H and O–H groups in total. The first-order valence-corrected chi connectivity index (χ1v) is 21.1. The molecule has 0 bridgehead atoms. The predicted octanol–water partition coefficient (Wildman–Crippen LogP) is 5.90. The van der Waals surface area contributed by atoms with Gasteiger partial charge in [0.1, 0.15) is 0 Å². The maximum Gasteiger partial charge on any atom is 0.474 e. The molecule has 0 atom stereocenters. The van der Waals surface area contributed by atoms with Gasteiger partial charge in [0.2, 0.25) is 0 Å². The van der Waals surface area contributed by atoms with Crippen molar-refractivity contribution in [1.82, 2.24) is 0 Å². The van der Waals surface area contributed by atoms with E-state index < -0.39 is 33.8 Å². The van der Waals surface area contributed by atoms with E-state index in [1.807, 2.05) is 6.08 Å². The fraction of sp³-hybridized carbons (Fsp3) is 0.556. The number of rotatable bonds is 9. The summed E-state index contributed by atoms with van der Waals surface area (Å²) < 4.78 is 20.2. The quantitative estimate of drug-likeness (QED) is 0.472. The zero-order valence-corrected chi connectivity index (χ0v) is 21.5. The second-order valence-electron chi connectivity index (χ2n) is 9.45. The monoisotopic (exact) mass is 412 g/mol. The SMILES string of the molecule is C=Cc1cccc(C[Si](O[Si](C)(C)C)(O[Si](C)(C)C)O[Si](C)(C)C)c1. The van der Waals surface area contributed by atoms with E-state index in [1.54, 1.807) is 0 Å². The largest absolute Gasteiger partial charge is 0.474 e. The average Bonchev–Trinajstić information content (AvgIpc) is 2.31. The molecule has 0 radical (unpaired) electrons. The van der Waals surface area contributed by atoms with Crippen molar-refractivity contribution in [2.45, 2.75) is 65.0 Å². The van der Waals surface area contributed by atoms with Gasteiger partial charge in [-0.3, -0.25) is 0 Å².